The van der Waals surface area contributed by atoms with Crippen LogP contribution in [0.2, 0.25) is 10.0 Å². The molecule has 2 aliphatic heterocycles. The summed E-state index contributed by atoms with van der Waals surface area (Å²) >= 11 is 11.9. The Morgan fingerprint density at radius 3 is 2.70 bits per heavy atom. The molecule has 2 bridgehead atoms. The molecule has 1 aliphatic carbocycles. The first kappa shape index (κ1) is 18.7. The van der Waals surface area contributed by atoms with Gasteiger partial charge in [0.05, 0.1) is 6.10 Å². The van der Waals surface area contributed by atoms with Crippen LogP contribution >= 0.6 is 23.2 Å². The van der Waals surface area contributed by atoms with Gasteiger partial charge in [-0.1, -0.05) is 29.3 Å². The fourth-order valence-corrected chi connectivity index (χ4v) is 4.32. The predicted molar refractivity (Wildman–Crippen MR) is 97.3 cm³/mol. The molecule has 4 atom stereocenters. The van der Waals surface area contributed by atoms with Crippen LogP contribution in [0.4, 0.5) is 0 Å². The molecule has 4 rings (SSSR count). The molecule has 1 saturated carbocycles. The number of halogens is 2. The van der Waals surface area contributed by atoms with Crippen molar-refractivity contribution in [3.63, 3.8) is 0 Å². The summed E-state index contributed by atoms with van der Waals surface area (Å²) in [5.41, 5.74) is -0.735. The zero-order valence-electron chi connectivity index (χ0n) is 14.7. The van der Waals surface area contributed by atoms with Crippen LogP contribution < -0.4 is 0 Å². The smallest absolute Gasteiger partial charge is 0.351 e. The Labute approximate surface area is 166 Å². The van der Waals surface area contributed by atoms with Crippen molar-refractivity contribution in [2.75, 3.05) is 0 Å². The quantitative estimate of drug-likeness (QED) is 0.558. The van der Waals surface area contributed by atoms with E-state index in [1.807, 2.05) is 0 Å². The second-order valence-electron chi connectivity index (χ2n) is 7.41. The van der Waals surface area contributed by atoms with E-state index in [0.717, 1.165) is 0 Å². The highest BCUT2D eigenvalue weighted by Crippen LogP contribution is 2.48. The van der Waals surface area contributed by atoms with E-state index in [1.54, 1.807) is 32.0 Å². The van der Waals surface area contributed by atoms with Crippen LogP contribution in [-0.4, -0.2) is 41.6 Å². The summed E-state index contributed by atoms with van der Waals surface area (Å²) < 4.78 is 22.6. The van der Waals surface area contributed by atoms with E-state index in [0.29, 0.717) is 15.6 Å². The minimum absolute atomic E-state index is 0.206. The molecule has 2 heterocycles. The first-order valence-corrected chi connectivity index (χ1v) is 9.36. The van der Waals surface area contributed by atoms with E-state index in [4.69, 9.17) is 42.1 Å². The van der Waals surface area contributed by atoms with Crippen molar-refractivity contribution in [3.8, 4) is 0 Å². The number of carbonyl (C=O) groups is 2. The Bertz CT molecular complexity index is 835. The zero-order valence-corrected chi connectivity index (χ0v) is 16.3. The number of benzene rings is 1. The number of ether oxygens (including phenoxy) is 4. The fourth-order valence-electron chi connectivity index (χ4n) is 3.85. The van der Waals surface area contributed by atoms with E-state index in [9.17, 15) is 9.59 Å². The second kappa shape index (κ2) is 6.48. The van der Waals surface area contributed by atoms with Crippen LogP contribution in [-0.2, 0) is 28.5 Å². The van der Waals surface area contributed by atoms with Crippen LogP contribution in [0.5, 0.6) is 0 Å². The van der Waals surface area contributed by atoms with Gasteiger partial charge < -0.3 is 18.9 Å². The molecule has 1 aromatic rings. The lowest BCUT2D eigenvalue weighted by Crippen LogP contribution is -2.49. The van der Waals surface area contributed by atoms with Crippen molar-refractivity contribution in [3.05, 3.63) is 39.9 Å². The van der Waals surface area contributed by atoms with Crippen LogP contribution in [0.3, 0.4) is 0 Å². The summed E-state index contributed by atoms with van der Waals surface area (Å²) in [6.07, 6.45) is 2.01. The van der Waals surface area contributed by atoms with Crippen molar-refractivity contribution in [2.24, 2.45) is 0 Å². The van der Waals surface area contributed by atoms with Crippen LogP contribution in [0.1, 0.15) is 32.3 Å². The molecule has 27 heavy (non-hydrogen) atoms. The molecule has 8 heteroatoms. The van der Waals surface area contributed by atoms with E-state index in [1.165, 1.54) is 12.2 Å². The van der Waals surface area contributed by atoms with Gasteiger partial charge in [0.2, 0.25) is 5.60 Å². The van der Waals surface area contributed by atoms with Gasteiger partial charge in [0.1, 0.15) is 12.2 Å². The number of carbonyl (C=O) groups excluding carboxylic acids is 2. The summed E-state index contributed by atoms with van der Waals surface area (Å²) in [6, 6.07) is 4.92. The first-order chi connectivity index (χ1) is 12.7. The highest BCUT2D eigenvalue weighted by atomic mass is 35.5. The van der Waals surface area contributed by atoms with Gasteiger partial charge in [-0.25, -0.2) is 9.59 Å². The van der Waals surface area contributed by atoms with Crippen molar-refractivity contribution >= 4 is 41.2 Å². The Kier molecular flexibility index (Phi) is 4.50. The lowest BCUT2D eigenvalue weighted by atomic mass is 9.82. The van der Waals surface area contributed by atoms with Crippen molar-refractivity contribution < 1.29 is 28.5 Å². The molecule has 3 aliphatic rings. The van der Waals surface area contributed by atoms with Gasteiger partial charge in [-0.05, 0) is 37.6 Å². The molecule has 0 radical (unpaired) electrons. The molecule has 0 N–H and O–H groups in total. The Balaban J connectivity index is 1.49. The van der Waals surface area contributed by atoms with Gasteiger partial charge >= 0.3 is 11.9 Å². The molecule has 1 aromatic carbocycles. The van der Waals surface area contributed by atoms with Crippen LogP contribution in [0.25, 0.3) is 6.08 Å². The van der Waals surface area contributed by atoms with Gasteiger partial charge in [0, 0.05) is 29.0 Å². The minimum Gasteiger partial charge on any atom is -0.456 e. The van der Waals surface area contributed by atoms with Gasteiger partial charge in [-0.15, -0.1) is 0 Å². The molecule has 0 aromatic heterocycles. The van der Waals surface area contributed by atoms with Gasteiger partial charge in [-0.3, -0.25) is 0 Å². The highest BCUT2D eigenvalue weighted by Gasteiger charge is 2.65. The largest absolute Gasteiger partial charge is 0.456 e. The van der Waals surface area contributed by atoms with E-state index in [2.05, 4.69) is 0 Å². The standard InChI is InChI=1S/C19H18Cl2O6/c1-18(2)25-14-9-19(8-13(16(14)27-18)24-17(19)23)26-15(22)6-4-10-3-5-11(20)7-12(10)21/h3-7,13-14,16H,8-9H2,1-2H3/b6-4+/t13-,14+,16-,19+/m0/s1. The van der Waals surface area contributed by atoms with Gasteiger partial charge in [-0.2, -0.15) is 0 Å². The van der Waals surface area contributed by atoms with Crippen molar-refractivity contribution in [1.29, 1.82) is 0 Å². The lowest BCUT2D eigenvalue weighted by Gasteiger charge is -2.32. The summed E-state index contributed by atoms with van der Waals surface area (Å²) in [6.45, 7) is 3.61. The molecule has 0 spiro atoms. The normalized spacial score (nSPS) is 33.8. The van der Waals surface area contributed by atoms with Crippen LogP contribution in [0.15, 0.2) is 24.3 Å². The summed E-state index contributed by atoms with van der Waals surface area (Å²) in [4.78, 5) is 24.8. The molecular weight excluding hydrogens is 395 g/mol. The highest BCUT2D eigenvalue weighted by molar-refractivity contribution is 6.35. The monoisotopic (exact) mass is 412 g/mol. The SMILES string of the molecule is CC1(C)O[C@H]2[C@@H]3C[C@@](OC(=O)/C=C/c4ccc(Cl)cc4Cl)(C[C@H]2O1)C(=O)O3. The summed E-state index contributed by atoms with van der Waals surface area (Å²) in [7, 11) is 0. The minimum atomic E-state index is -1.35. The van der Waals surface area contributed by atoms with E-state index >= 15 is 0 Å². The number of rotatable bonds is 3. The maximum Gasteiger partial charge on any atom is 0.351 e. The van der Waals surface area contributed by atoms with Crippen molar-refractivity contribution in [1.82, 2.24) is 0 Å². The molecule has 6 nitrogen and oxygen atoms in total. The third-order valence-electron chi connectivity index (χ3n) is 4.94. The zero-order chi connectivity index (χ0) is 19.4. The van der Waals surface area contributed by atoms with E-state index < -0.39 is 29.4 Å². The van der Waals surface area contributed by atoms with Crippen molar-refractivity contribution in [2.45, 2.75) is 56.4 Å². The summed E-state index contributed by atoms with van der Waals surface area (Å²) in [5, 5.41) is 0.904. The molecule has 0 amide bonds. The van der Waals surface area contributed by atoms with Crippen LogP contribution in [0, 0.1) is 0 Å². The Hall–Kier alpha value is -1.60. The number of hydrogen-bond donors (Lipinski definition) is 0. The lowest BCUT2D eigenvalue weighted by molar-refractivity contribution is -0.179. The third kappa shape index (κ3) is 3.47. The maximum absolute atomic E-state index is 12.4. The third-order valence-corrected chi connectivity index (χ3v) is 5.50. The average Bonchev–Trinajstić information content (AvgIpc) is 3.01. The predicted octanol–water partition coefficient (Wildman–Crippen LogP) is 3.53. The molecule has 0 unspecified atom stereocenters. The fraction of sp³-hybridized carbons (Fsp3) is 0.474. The van der Waals surface area contributed by atoms with Gasteiger partial charge in [0.25, 0.3) is 0 Å². The second-order valence-corrected chi connectivity index (χ2v) is 8.25. The Morgan fingerprint density at radius 2 is 1.96 bits per heavy atom. The summed E-state index contributed by atoms with van der Waals surface area (Å²) in [5.74, 6) is -1.98. The Morgan fingerprint density at radius 1 is 1.22 bits per heavy atom. The van der Waals surface area contributed by atoms with Gasteiger partial charge in [0.15, 0.2) is 5.79 Å². The topological polar surface area (TPSA) is 71.1 Å². The molecule has 2 saturated heterocycles. The van der Waals surface area contributed by atoms with E-state index in [-0.39, 0.29) is 25.0 Å². The average molecular weight is 413 g/mol. The number of hydrogen-bond acceptors (Lipinski definition) is 6. The number of fused-ring (bicyclic) bond motifs is 4. The molecule has 3 fully saturated rings. The maximum atomic E-state index is 12.4. The first-order valence-electron chi connectivity index (χ1n) is 8.60. The molecule has 144 valence electrons. The number of esters is 2. The molecular formula is C19H18Cl2O6.